The van der Waals surface area contributed by atoms with Crippen LogP contribution in [0.5, 0.6) is 0 Å². The predicted octanol–water partition coefficient (Wildman–Crippen LogP) is 0.744. The molecule has 1 atom stereocenters. The van der Waals surface area contributed by atoms with Crippen molar-refractivity contribution in [1.29, 1.82) is 0 Å². The molecule has 1 amide bonds. The summed E-state index contributed by atoms with van der Waals surface area (Å²) in [6.45, 7) is 3.77. The number of aliphatic carboxylic acids is 1. The van der Waals surface area contributed by atoms with Crippen molar-refractivity contribution in [3.63, 3.8) is 0 Å². The van der Waals surface area contributed by atoms with Gasteiger partial charge in [-0.15, -0.1) is 0 Å². The SMILES string of the molecule is CC(C)[C@H](NC(=O)CNC1CCCC1)C(=O)O. The van der Waals surface area contributed by atoms with Gasteiger partial charge in [0.15, 0.2) is 0 Å². The summed E-state index contributed by atoms with van der Waals surface area (Å²) in [5.74, 6) is -1.32. The molecule has 1 saturated carbocycles. The smallest absolute Gasteiger partial charge is 0.326 e. The average Bonchev–Trinajstić information content (AvgIpc) is 2.74. The van der Waals surface area contributed by atoms with E-state index in [4.69, 9.17) is 5.11 Å². The van der Waals surface area contributed by atoms with Crippen LogP contribution >= 0.6 is 0 Å². The molecule has 0 bridgehead atoms. The molecule has 5 heteroatoms. The van der Waals surface area contributed by atoms with Crippen molar-refractivity contribution >= 4 is 11.9 Å². The summed E-state index contributed by atoms with van der Waals surface area (Å²) in [7, 11) is 0. The van der Waals surface area contributed by atoms with Crippen molar-refractivity contribution in [1.82, 2.24) is 10.6 Å². The number of rotatable bonds is 6. The second-order valence-corrected chi connectivity index (χ2v) is 4.99. The zero-order valence-electron chi connectivity index (χ0n) is 10.5. The highest BCUT2D eigenvalue weighted by Gasteiger charge is 2.23. The van der Waals surface area contributed by atoms with E-state index in [0.29, 0.717) is 6.04 Å². The number of carbonyl (C=O) groups excluding carboxylic acids is 1. The summed E-state index contributed by atoms with van der Waals surface area (Å²) >= 11 is 0. The predicted molar refractivity (Wildman–Crippen MR) is 64.7 cm³/mol. The van der Waals surface area contributed by atoms with Gasteiger partial charge in [0.05, 0.1) is 6.54 Å². The van der Waals surface area contributed by atoms with Crippen molar-refractivity contribution in [3.05, 3.63) is 0 Å². The molecule has 1 aliphatic rings. The molecule has 17 heavy (non-hydrogen) atoms. The Morgan fingerprint density at radius 3 is 2.35 bits per heavy atom. The van der Waals surface area contributed by atoms with Crippen molar-refractivity contribution < 1.29 is 14.7 Å². The van der Waals surface area contributed by atoms with E-state index in [1.165, 1.54) is 12.8 Å². The Balaban J connectivity index is 2.29. The second-order valence-electron chi connectivity index (χ2n) is 4.99. The Morgan fingerprint density at radius 2 is 1.88 bits per heavy atom. The second kappa shape index (κ2) is 6.59. The normalized spacial score (nSPS) is 18.3. The lowest BCUT2D eigenvalue weighted by atomic mass is 10.0. The first-order valence-corrected chi connectivity index (χ1v) is 6.26. The van der Waals surface area contributed by atoms with Crippen molar-refractivity contribution in [3.8, 4) is 0 Å². The quantitative estimate of drug-likeness (QED) is 0.642. The molecule has 0 aromatic carbocycles. The van der Waals surface area contributed by atoms with Crippen LogP contribution in [-0.2, 0) is 9.59 Å². The molecule has 0 saturated heterocycles. The van der Waals surface area contributed by atoms with E-state index in [1.807, 2.05) is 0 Å². The number of carboxylic acids is 1. The minimum absolute atomic E-state index is 0.108. The van der Waals surface area contributed by atoms with Gasteiger partial charge in [-0.25, -0.2) is 4.79 Å². The lowest BCUT2D eigenvalue weighted by Gasteiger charge is -2.19. The topological polar surface area (TPSA) is 78.4 Å². The highest BCUT2D eigenvalue weighted by Crippen LogP contribution is 2.17. The van der Waals surface area contributed by atoms with E-state index in [9.17, 15) is 9.59 Å². The fraction of sp³-hybridized carbons (Fsp3) is 0.833. The number of hydrogen-bond acceptors (Lipinski definition) is 3. The maximum Gasteiger partial charge on any atom is 0.326 e. The zero-order chi connectivity index (χ0) is 12.8. The minimum Gasteiger partial charge on any atom is -0.480 e. The lowest BCUT2D eigenvalue weighted by Crippen LogP contribution is -2.48. The fourth-order valence-electron chi connectivity index (χ4n) is 2.11. The Kier molecular flexibility index (Phi) is 5.41. The monoisotopic (exact) mass is 242 g/mol. The van der Waals surface area contributed by atoms with Crippen LogP contribution in [0.4, 0.5) is 0 Å². The van der Waals surface area contributed by atoms with Crippen molar-refractivity contribution in [2.24, 2.45) is 5.92 Å². The van der Waals surface area contributed by atoms with Gasteiger partial charge in [-0.05, 0) is 18.8 Å². The van der Waals surface area contributed by atoms with Gasteiger partial charge in [-0.2, -0.15) is 0 Å². The molecule has 0 spiro atoms. The van der Waals surface area contributed by atoms with Gasteiger partial charge in [0, 0.05) is 6.04 Å². The molecule has 1 rings (SSSR count). The molecule has 1 aliphatic carbocycles. The first kappa shape index (κ1) is 14.0. The minimum atomic E-state index is -0.978. The first-order valence-electron chi connectivity index (χ1n) is 6.26. The van der Waals surface area contributed by atoms with Crippen molar-refractivity contribution in [2.75, 3.05) is 6.54 Å². The standard InChI is InChI=1S/C12H22N2O3/c1-8(2)11(12(16)17)14-10(15)7-13-9-5-3-4-6-9/h8-9,11,13H,3-7H2,1-2H3,(H,14,15)(H,16,17)/t11-/m0/s1. The number of amides is 1. The summed E-state index contributed by atoms with van der Waals surface area (Å²) in [6, 6.07) is -0.379. The molecule has 0 radical (unpaired) electrons. The molecule has 0 heterocycles. The number of hydrogen-bond donors (Lipinski definition) is 3. The van der Waals surface area contributed by atoms with Crippen LogP contribution in [0.3, 0.4) is 0 Å². The molecule has 0 aromatic rings. The summed E-state index contributed by atoms with van der Waals surface area (Å²) in [4.78, 5) is 22.5. The molecule has 5 nitrogen and oxygen atoms in total. The summed E-state index contributed by atoms with van der Waals surface area (Å²) in [5, 5.41) is 14.6. The highest BCUT2D eigenvalue weighted by atomic mass is 16.4. The van der Waals surface area contributed by atoms with Gasteiger partial charge < -0.3 is 15.7 Å². The largest absolute Gasteiger partial charge is 0.480 e. The summed E-state index contributed by atoms with van der Waals surface area (Å²) in [6.07, 6.45) is 4.64. The van der Waals surface area contributed by atoms with Gasteiger partial charge in [-0.1, -0.05) is 26.7 Å². The maximum absolute atomic E-state index is 11.6. The van der Waals surface area contributed by atoms with E-state index in [0.717, 1.165) is 12.8 Å². The van der Waals surface area contributed by atoms with Crippen molar-refractivity contribution in [2.45, 2.75) is 51.6 Å². The number of nitrogens with one attached hydrogen (secondary N) is 2. The van der Waals surface area contributed by atoms with Crippen LogP contribution in [0, 0.1) is 5.92 Å². The molecule has 0 unspecified atom stereocenters. The van der Waals surface area contributed by atoms with E-state index < -0.39 is 12.0 Å². The summed E-state index contributed by atoms with van der Waals surface area (Å²) < 4.78 is 0. The van der Waals surface area contributed by atoms with Crippen LogP contribution in [0.1, 0.15) is 39.5 Å². The number of carbonyl (C=O) groups is 2. The van der Waals surface area contributed by atoms with Gasteiger partial charge >= 0.3 is 5.97 Å². The van der Waals surface area contributed by atoms with Crippen LogP contribution in [0.15, 0.2) is 0 Å². The van der Waals surface area contributed by atoms with Gasteiger partial charge in [-0.3, -0.25) is 4.79 Å². The average molecular weight is 242 g/mol. The Labute approximate surface area is 102 Å². The molecular weight excluding hydrogens is 220 g/mol. The highest BCUT2D eigenvalue weighted by molar-refractivity contribution is 5.84. The van der Waals surface area contributed by atoms with Crippen LogP contribution in [-0.4, -0.2) is 35.6 Å². The number of carboxylic acid groups (broad SMARTS) is 1. The van der Waals surface area contributed by atoms with E-state index in [2.05, 4.69) is 10.6 Å². The van der Waals surface area contributed by atoms with Crippen LogP contribution in [0.25, 0.3) is 0 Å². The fourth-order valence-corrected chi connectivity index (χ4v) is 2.11. The Hall–Kier alpha value is -1.10. The van der Waals surface area contributed by atoms with E-state index in [-0.39, 0.29) is 18.4 Å². The van der Waals surface area contributed by atoms with Crippen LogP contribution < -0.4 is 10.6 Å². The molecule has 98 valence electrons. The molecule has 3 N–H and O–H groups in total. The Bertz CT molecular complexity index is 273. The third-order valence-electron chi connectivity index (χ3n) is 3.16. The Morgan fingerprint density at radius 1 is 1.29 bits per heavy atom. The van der Waals surface area contributed by atoms with E-state index in [1.54, 1.807) is 13.8 Å². The van der Waals surface area contributed by atoms with Crippen LogP contribution in [0.2, 0.25) is 0 Å². The molecule has 1 fully saturated rings. The van der Waals surface area contributed by atoms with Gasteiger partial charge in [0.1, 0.15) is 6.04 Å². The first-order chi connectivity index (χ1) is 8.00. The third-order valence-corrected chi connectivity index (χ3v) is 3.16. The zero-order valence-corrected chi connectivity index (χ0v) is 10.5. The van der Waals surface area contributed by atoms with Gasteiger partial charge in [0.2, 0.25) is 5.91 Å². The molecule has 0 aliphatic heterocycles. The molecular formula is C12H22N2O3. The van der Waals surface area contributed by atoms with E-state index >= 15 is 0 Å². The van der Waals surface area contributed by atoms with Gasteiger partial charge in [0.25, 0.3) is 0 Å². The summed E-state index contributed by atoms with van der Waals surface area (Å²) in [5.41, 5.74) is 0. The maximum atomic E-state index is 11.6. The molecule has 0 aromatic heterocycles. The lowest BCUT2D eigenvalue weighted by molar-refractivity contribution is -0.143. The third kappa shape index (κ3) is 4.73.